The van der Waals surface area contributed by atoms with Gasteiger partial charge in [0, 0.05) is 5.02 Å². The van der Waals surface area contributed by atoms with Crippen molar-refractivity contribution in [2.24, 2.45) is 0 Å². The monoisotopic (exact) mass is 551 g/mol. The largest absolute Gasteiger partial charge is 0.493 e. The summed E-state index contributed by atoms with van der Waals surface area (Å²) in [7, 11) is 1.43. The maximum Gasteiger partial charge on any atom is 0.335 e. The van der Waals surface area contributed by atoms with Gasteiger partial charge >= 0.3 is 6.03 Å². The highest BCUT2D eigenvalue weighted by Gasteiger charge is 2.37. The number of nitrogens with zero attached hydrogens (tertiary/aromatic N) is 2. The molecule has 31 heavy (non-hydrogen) atoms. The number of amides is 4. The molecule has 0 spiro atoms. The van der Waals surface area contributed by atoms with E-state index in [-0.39, 0.29) is 17.9 Å². The molecular weight excluding hydrogens is 537 g/mol. The molecule has 0 atom stereocenters. The summed E-state index contributed by atoms with van der Waals surface area (Å²) in [6.45, 7) is 1.63. The van der Waals surface area contributed by atoms with Gasteiger partial charge < -0.3 is 9.47 Å². The van der Waals surface area contributed by atoms with Gasteiger partial charge in [-0.1, -0.05) is 17.7 Å². The second kappa shape index (κ2) is 9.36. The lowest BCUT2D eigenvalue weighted by atomic mass is 10.1. The van der Waals surface area contributed by atoms with Crippen LogP contribution >= 0.6 is 34.2 Å². The van der Waals surface area contributed by atoms with E-state index in [0.717, 1.165) is 10.5 Å². The number of ether oxygens (including phenoxy) is 2. The van der Waals surface area contributed by atoms with Crippen molar-refractivity contribution in [3.63, 3.8) is 0 Å². The van der Waals surface area contributed by atoms with Gasteiger partial charge in [-0.3, -0.25) is 14.9 Å². The number of imide groups is 2. The van der Waals surface area contributed by atoms with Crippen LogP contribution in [0.5, 0.6) is 11.5 Å². The summed E-state index contributed by atoms with van der Waals surface area (Å²) < 4.78 is 11.3. The molecule has 0 aliphatic carbocycles. The first-order valence-corrected chi connectivity index (χ1v) is 10.3. The predicted molar refractivity (Wildman–Crippen MR) is 122 cm³/mol. The van der Waals surface area contributed by atoms with E-state index < -0.39 is 17.8 Å². The molecule has 0 radical (unpaired) electrons. The number of hydrogen-bond donors (Lipinski definition) is 1. The number of rotatable bonds is 5. The fourth-order valence-electron chi connectivity index (χ4n) is 2.85. The normalized spacial score (nSPS) is 15.0. The second-order valence-electron chi connectivity index (χ2n) is 6.37. The molecule has 1 heterocycles. The zero-order valence-corrected chi connectivity index (χ0v) is 19.3. The van der Waals surface area contributed by atoms with Crippen molar-refractivity contribution in [1.29, 1.82) is 5.26 Å². The summed E-state index contributed by atoms with van der Waals surface area (Å²) in [6.07, 6.45) is 1.35. The highest BCUT2D eigenvalue weighted by molar-refractivity contribution is 14.1. The zero-order valence-electron chi connectivity index (χ0n) is 16.4. The summed E-state index contributed by atoms with van der Waals surface area (Å²) in [4.78, 5) is 38.6. The Balaban J connectivity index is 2.03. The highest BCUT2D eigenvalue weighted by Crippen LogP contribution is 2.35. The minimum Gasteiger partial charge on any atom is -0.493 e. The van der Waals surface area contributed by atoms with Crippen molar-refractivity contribution in [2.45, 2.75) is 6.92 Å². The van der Waals surface area contributed by atoms with Gasteiger partial charge in [0.25, 0.3) is 11.8 Å². The maximum absolute atomic E-state index is 13.0. The third kappa shape index (κ3) is 4.65. The number of halogens is 2. The molecule has 0 unspecified atom stereocenters. The smallest absolute Gasteiger partial charge is 0.335 e. The molecule has 2 aromatic rings. The van der Waals surface area contributed by atoms with E-state index in [2.05, 4.69) is 5.32 Å². The van der Waals surface area contributed by atoms with Crippen molar-refractivity contribution >= 4 is 63.8 Å². The van der Waals surface area contributed by atoms with Crippen molar-refractivity contribution in [2.75, 3.05) is 18.6 Å². The lowest BCUT2D eigenvalue weighted by Gasteiger charge is -2.26. The molecule has 0 bridgehead atoms. The minimum absolute atomic E-state index is 0.163. The van der Waals surface area contributed by atoms with E-state index >= 15 is 0 Å². The SMILES string of the molecule is COc1cc(/C=C2/C(=O)NC(=O)N(c3ccc(C)c(Cl)c3)C2=O)cc(I)c1OCC#N. The Morgan fingerprint density at radius 1 is 1.26 bits per heavy atom. The molecule has 2 aromatic carbocycles. The number of nitrogens with one attached hydrogen (secondary N) is 1. The average Bonchev–Trinajstić information content (AvgIpc) is 2.72. The standard InChI is InChI=1S/C21H15ClIN3O5/c1-11-3-4-13(10-15(11)22)26-20(28)14(19(27)25-21(26)29)7-12-8-16(23)18(31-6-5-24)17(9-12)30-2/h3-4,7-10H,6H2,1-2H3,(H,25,27,29)/b14-7-. The summed E-state index contributed by atoms with van der Waals surface area (Å²) in [6, 6.07) is 8.96. The molecule has 10 heteroatoms. The van der Waals surface area contributed by atoms with Crippen LogP contribution in [-0.4, -0.2) is 31.6 Å². The topological polar surface area (TPSA) is 109 Å². The molecule has 1 aliphatic rings. The van der Waals surface area contributed by atoms with Gasteiger partial charge in [-0.05, 0) is 71.0 Å². The molecule has 158 valence electrons. The van der Waals surface area contributed by atoms with Crippen LogP contribution in [0.3, 0.4) is 0 Å². The molecule has 3 rings (SSSR count). The fourth-order valence-corrected chi connectivity index (χ4v) is 3.80. The van der Waals surface area contributed by atoms with Crippen LogP contribution in [0, 0.1) is 21.8 Å². The summed E-state index contributed by atoms with van der Waals surface area (Å²) in [5.41, 5.74) is 1.26. The van der Waals surface area contributed by atoms with Crippen LogP contribution < -0.4 is 19.7 Å². The third-order valence-electron chi connectivity index (χ3n) is 4.36. The molecule has 4 amide bonds. The predicted octanol–water partition coefficient (Wildman–Crippen LogP) is 3.83. The van der Waals surface area contributed by atoms with Crippen molar-refractivity contribution < 1.29 is 23.9 Å². The van der Waals surface area contributed by atoms with Gasteiger partial charge in [-0.15, -0.1) is 0 Å². The van der Waals surface area contributed by atoms with E-state index in [1.807, 2.05) is 28.7 Å². The average molecular weight is 552 g/mol. The first-order chi connectivity index (χ1) is 14.8. The Hall–Kier alpha value is -3.10. The van der Waals surface area contributed by atoms with E-state index in [9.17, 15) is 14.4 Å². The molecule has 8 nitrogen and oxygen atoms in total. The van der Waals surface area contributed by atoms with Crippen LogP contribution in [0.2, 0.25) is 5.02 Å². The van der Waals surface area contributed by atoms with Gasteiger partial charge in [-0.2, -0.15) is 5.26 Å². The van der Waals surface area contributed by atoms with Crippen molar-refractivity contribution in [3.05, 3.63) is 55.6 Å². The molecule has 1 N–H and O–H groups in total. The molecule has 1 fully saturated rings. The molecule has 1 saturated heterocycles. The number of hydrogen-bond acceptors (Lipinski definition) is 6. The number of barbiturate groups is 1. The van der Waals surface area contributed by atoms with Crippen LogP contribution in [0.4, 0.5) is 10.5 Å². The van der Waals surface area contributed by atoms with Crippen LogP contribution in [-0.2, 0) is 9.59 Å². The lowest BCUT2D eigenvalue weighted by Crippen LogP contribution is -2.54. The Kier molecular flexibility index (Phi) is 6.82. The summed E-state index contributed by atoms with van der Waals surface area (Å²) in [5.74, 6) is -0.899. The third-order valence-corrected chi connectivity index (χ3v) is 5.57. The zero-order chi connectivity index (χ0) is 22.7. The van der Waals surface area contributed by atoms with Crippen LogP contribution in [0.15, 0.2) is 35.9 Å². The summed E-state index contributed by atoms with van der Waals surface area (Å²) in [5, 5.41) is 11.3. The van der Waals surface area contributed by atoms with Crippen molar-refractivity contribution in [1.82, 2.24) is 5.32 Å². The second-order valence-corrected chi connectivity index (χ2v) is 7.94. The number of methoxy groups -OCH3 is 1. The number of aryl methyl sites for hydroxylation is 1. The van der Waals surface area contributed by atoms with E-state index in [0.29, 0.717) is 25.7 Å². The van der Waals surface area contributed by atoms with Crippen molar-refractivity contribution in [3.8, 4) is 17.6 Å². The number of carbonyl (C=O) groups excluding carboxylic acids is 3. The Morgan fingerprint density at radius 2 is 2.00 bits per heavy atom. The van der Waals surface area contributed by atoms with Gasteiger partial charge in [0.05, 0.1) is 16.4 Å². The van der Waals surface area contributed by atoms with Crippen LogP contribution in [0.1, 0.15) is 11.1 Å². The number of nitriles is 1. The maximum atomic E-state index is 13.0. The quantitative estimate of drug-likeness (QED) is 0.344. The number of benzene rings is 2. The number of urea groups is 1. The molecule has 0 saturated carbocycles. The molecule has 1 aliphatic heterocycles. The Labute approximate surface area is 196 Å². The number of carbonyl (C=O) groups is 3. The van der Waals surface area contributed by atoms with Gasteiger partial charge in [0.2, 0.25) is 0 Å². The highest BCUT2D eigenvalue weighted by atomic mass is 127. The fraction of sp³-hybridized carbons (Fsp3) is 0.143. The van der Waals surface area contributed by atoms with Gasteiger partial charge in [0.1, 0.15) is 11.6 Å². The van der Waals surface area contributed by atoms with E-state index in [1.54, 1.807) is 31.2 Å². The summed E-state index contributed by atoms with van der Waals surface area (Å²) >= 11 is 8.12. The van der Waals surface area contributed by atoms with Gasteiger partial charge in [-0.25, -0.2) is 9.69 Å². The van der Waals surface area contributed by atoms with Gasteiger partial charge in [0.15, 0.2) is 18.1 Å². The first-order valence-electron chi connectivity index (χ1n) is 8.81. The minimum atomic E-state index is -0.862. The van der Waals surface area contributed by atoms with E-state index in [4.69, 9.17) is 26.3 Å². The Morgan fingerprint density at radius 3 is 2.65 bits per heavy atom. The van der Waals surface area contributed by atoms with E-state index in [1.165, 1.54) is 19.3 Å². The Bertz CT molecular complexity index is 1170. The molecule has 0 aromatic heterocycles. The first kappa shape index (κ1) is 22.6. The number of anilines is 1. The van der Waals surface area contributed by atoms with Crippen LogP contribution in [0.25, 0.3) is 6.08 Å². The molecular formula is C21H15ClIN3O5. The lowest BCUT2D eigenvalue weighted by molar-refractivity contribution is -0.122.